The van der Waals surface area contributed by atoms with Crippen LogP contribution in [0.5, 0.6) is 11.5 Å². The van der Waals surface area contributed by atoms with Crippen molar-refractivity contribution in [3.63, 3.8) is 0 Å². The third-order valence-electron chi connectivity index (χ3n) is 3.82. The molecule has 3 aromatic rings. The smallest absolute Gasteiger partial charge is 0.319 e. The molecule has 24 heavy (non-hydrogen) atoms. The number of nitrogens with one attached hydrogen (secondary N) is 2. The van der Waals surface area contributed by atoms with Crippen molar-refractivity contribution >= 4 is 22.5 Å². The monoisotopic (exact) mass is 321 g/mol. The Balaban J connectivity index is 1.43. The van der Waals surface area contributed by atoms with E-state index < -0.39 is 0 Å². The quantitative estimate of drug-likeness (QED) is 0.776. The molecule has 0 aliphatic carbocycles. The van der Waals surface area contributed by atoms with Crippen LogP contribution in [0.1, 0.15) is 5.56 Å². The molecule has 0 atom stereocenters. The number of rotatable bonds is 3. The predicted molar refractivity (Wildman–Crippen MR) is 90.2 cm³/mol. The van der Waals surface area contributed by atoms with Crippen LogP contribution in [0, 0.1) is 0 Å². The number of amides is 2. The van der Waals surface area contributed by atoms with E-state index in [0.29, 0.717) is 12.3 Å². The van der Waals surface area contributed by atoms with Crippen molar-refractivity contribution in [1.82, 2.24) is 10.3 Å². The van der Waals surface area contributed by atoms with E-state index in [0.717, 1.165) is 27.8 Å². The third kappa shape index (κ3) is 2.81. The molecule has 0 unspecified atom stereocenters. The van der Waals surface area contributed by atoms with Crippen LogP contribution in [0.25, 0.3) is 10.8 Å². The summed E-state index contributed by atoms with van der Waals surface area (Å²) in [6, 6.07) is 12.9. The van der Waals surface area contributed by atoms with Gasteiger partial charge in [0.15, 0.2) is 11.5 Å². The summed E-state index contributed by atoms with van der Waals surface area (Å²) in [7, 11) is 0. The second kappa shape index (κ2) is 6.08. The molecule has 0 saturated heterocycles. The molecule has 0 fully saturated rings. The van der Waals surface area contributed by atoms with Crippen LogP contribution in [0.3, 0.4) is 0 Å². The largest absolute Gasteiger partial charge is 0.454 e. The standard InChI is InChI=1S/C18H15N3O3/c22-18(20-9-12-4-5-16-17(8-12)24-11-23-16)21-15-3-1-2-13-10-19-7-6-14(13)15/h1-8,10H,9,11H2,(H2,20,21,22). The second-order valence-corrected chi connectivity index (χ2v) is 5.40. The molecule has 0 saturated carbocycles. The summed E-state index contributed by atoms with van der Waals surface area (Å²) >= 11 is 0. The highest BCUT2D eigenvalue weighted by Crippen LogP contribution is 2.32. The Morgan fingerprint density at radius 3 is 3.00 bits per heavy atom. The van der Waals surface area contributed by atoms with E-state index in [4.69, 9.17) is 9.47 Å². The molecule has 0 spiro atoms. The zero-order valence-corrected chi connectivity index (χ0v) is 12.8. The van der Waals surface area contributed by atoms with Crippen LogP contribution in [0.2, 0.25) is 0 Å². The van der Waals surface area contributed by atoms with Gasteiger partial charge in [-0.3, -0.25) is 4.98 Å². The van der Waals surface area contributed by atoms with Crippen LogP contribution in [-0.2, 0) is 6.54 Å². The molecule has 2 heterocycles. The zero-order chi connectivity index (χ0) is 16.4. The average Bonchev–Trinajstić information content (AvgIpc) is 3.08. The topological polar surface area (TPSA) is 72.5 Å². The molecule has 1 aromatic heterocycles. The first-order chi connectivity index (χ1) is 11.8. The molecule has 6 nitrogen and oxygen atoms in total. The number of carbonyl (C=O) groups excluding carboxylic acids is 1. The molecule has 2 amide bonds. The van der Waals surface area contributed by atoms with E-state index in [1.54, 1.807) is 12.4 Å². The second-order valence-electron chi connectivity index (χ2n) is 5.40. The Labute approximate surface area is 138 Å². The van der Waals surface area contributed by atoms with E-state index in [1.807, 2.05) is 42.5 Å². The molecule has 2 aromatic carbocycles. The van der Waals surface area contributed by atoms with E-state index >= 15 is 0 Å². The van der Waals surface area contributed by atoms with Gasteiger partial charge in [0.1, 0.15) is 0 Å². The van der Waals surface area contributed by atoms with E-state index in [9.17, 15) is 4.79 Å². The molecule has 1 aliphatic rings. The average molecular weight is 321 g/mol. The number of anilines is 1. The molecule has 2 N–H and O–H groups in total. The zero-order valence-electron chi connectivity index (χ0n) is 12.8. The maximum atomic E-state index is 12.2. The van der Waals surface area contributed by atoms with Gasteiger partial charge in [-0.05, 0) is 29.8 Å². The van der Waals surface area contributed by atoms with Gasteiger partial charge < -0.3 is 20.1 Å². The maximum absolute atomic E-state index is 12.2. The summed E-state index contributed by atoms with van der Waals surface area (Å²) in [6.45, 7) is 0.636. The number of pyridine rings is 1. The maximum Gasteiger partial charge on any atom is 0.319 e. The summed E-state index contributed by atoms with van der Waals surface area (Å²) in [6.07, 6.45) is 3.48. The molecular weight excluding hydrogens is 306 g/mol. The fourth-order valence-corrected chi connectivity index (χ4v) is 2.63. The number of hydrogen-bond donors (Lipinski definition) is 2. The number of nitrogens with zero attached hydrogens (tertiary/aromatic N) is 1. The lowest BCUT2D eigenvalue weighted by Gasteiger charge is -2.10. The number of aromatic nitrogens is 1. The summed E-state index contributed by atoms with van der Waals surface area (Å²) in [5.41, 5.74) is 1.69. The molecule has 6 heteroatoms. The van der Waals surface area contributed by atoms with Gasteiger partial charge in [0.05, 0.1) is 5.69 Å². The highest BCUT2D eigenvalue weighted by Gasteiger charge is 2.13. The lowest BCUT2D eigenvalue weighted by atomic mass is 10.1. The van der Waals surface area contributed by atoms with E-state index in [-0.39, 0.29) is 12.8 Å². The van der Waals surface area contributed by atoms with Crippen LogP contribution < -0.4 is 20.1 Å². The van der Waals surface area contributed by atoms with Gasteiger partial charge in [-0.15, -0.1) is 0 Å². The van der Waals surface area contributed by atoms with E-state index in [1.165, 1.54) is 0 Å². The van der Waals surface area contributed by atoms with Crippen LogP contribution in [0.4, 0.5) is 10.5 Å². The Kier molecular flexibility index (Phi) is 3.63. The van der Waals surface area contributed by atoms with Crippen LogP contribution >= 0.6 is 0 Å². The third-order valence-corrected chi connectivity index (χ3v) is 3.82. The van der Waals surface area contributed by atoms with Gasteiger partial charge in [-0.25, -0.2) is 4.79 Å². The SMILES string of the molecule is O=C(NCc1ccc2c(c1)OCO2)Nc1cccc2cnccc12. The van der Waals surface area contributed by atoms with Gasteiger partial charge in [-0.1, -0.05) is 18.2 Å². The summed E-state index contributed by atoms with van der Waals surface area (Å²) in [5, 5.41) is 7.64. The van der Waals surface area contributed by atoms with Gasteiger partial charge in [0.2, 0.25) is 6.79 Å². The lowest BCUT2D eigenvalue weighted by molar-refractivity contribution is 0.174. The van der Waals surface area contributed by atoms with Crippen molar-refractivity contribution in [3.05, 3.63) is 60.4 Å². The fraction of sp³-hybridized carbons (Fsp3) is 0.111. The minimum atomic E-state index is -0.267. The Bertz CT molecular complexity index is 906. The molecular formula is C18H15N3O3. The van der Waals surface area contributed by atoms with Crippen molar-refractivity contribution in [3.8, 4) is 11.5 Å². The minimum absolute atomic E-state index is 0.239. The number of urea groups is 1. The van der Waals surface area contributed by atoms with Crippen molar-refractivity contribution in [2.24, 2.45) is 0 Å². The van der Waals surface area contributed by atoms with Crippen LogP contribution in [-0.4, -0.2) is 17.8 Å². The van der Waals surface area contributed by atoms with Gasteiger partial charge >= 0.3 is 6.03 Å². The Morgan fingerprint density at radius 1 is 1.12 bits per heavy atom. The Hall–Kier alpha value is -3.28. The normalized spacial score (nSPS) is 12.2. The Morgan fingerprint density at radius 2 is 2.04 bits per heavy atom. The van der Waals surface area contributed by atoms with Gasteiger partial charge in [-0.2, -0.15) is 0 Å². The number of ether oxygens (including phenoxy) is 2. The highest BCUT2D eigenvalue weighted by atomic mass is 16.7. The van der Waals surface area contributed by atoms with Crippen molar-refractivity contribution in [1.29, 1.82) is 0 Å². The number of benzene rings is 2. The van der Waals surface area contributed by atoms with Crippen molar-refractivity contribution in [2.45, 2.75) is 6.54 Å². The first-order valence-corrected chi connectivity index (χ1v) is 7.56. The molecule has 120 valence electrons. The molecule has 0 radical (unpaired) electrons. The fourth-order valence-electron chi connectivity index (χ4n) is 2.63. The molecule has 4 rings (SSSR count). The van der Waals surface area contributed by atoms with Crippen LogP contribution in [0.15, 0.2) is 54.9 Å². The minimum Gasteiger partial charge on any atom is -0.454 e. The van der Waals surface area contributed by atoms with E-state index in [2.05, 4.69) is 15.6 Å². The summed E-state index contributed by atoms with van der Waals surface area (Å²) in [5.74, 6) is 1.43. The predicted octanol–water partition coefficient (Wildman–Crippen LogP) is 3.29. The summed E-state index contributed by atoms with van der Waals surface area (Å²) in [4.78, 5) is 16.3. The molecule has 0 bridgehead atoms. The number of carbonyl (C=O) groups is 1. The summed E-state index contributed by atoms with van der Waals surface area (Å²) < 4.78 is 10.6. The number of fused-ring (bicyclic) bond motifs is 2. The molecule has 1 aliphatic heterocycles. The first kappa shape index (κ1) is 14.3. The highest BCUT2D eigenvalue weighted by molar-refractivity contribution is 6.01. The van der Waals surface area contributed by atoms with Crippen molar-refractivity contribution in [2.75, 3.05) is 12.1 Å². The van der Waals surface area contributed by atoms with Gasteiger partial charge in [0.25, 0.3) is 0 Å². The number of hydrogen-bond acceptors (Lipinski definition) is 4. The van der Waals surface area contributed by atoms with Crippen molar-refractivity contribution < 1.29 is 14.3 Å². The lowest BCUT2D eigenvalue weighted by Crippen LogP contribution is -2.28. The van der Waals surface area contributed by atoms with Gasteiger partial charge in [0, 0.05) is 29.7 Å². The first-order valence-electron chi connectivity index (χ1n) is 7.56.